The number of fused-ring (bicyclic) bond motifs is 2. The molecule has 1 atom stereocenters. The van der Waals surface area contributed by atoms with Crippen molar-refractivity contribution in [3.63, 3.8) is 0 Å². The number of halogens is 2. The molecule has 0 saturated carbocycles. The first kappa shape index (κ1) is 22.8. The van der Waals surface area contributed by atoms with E-state index in [2.05, 4.69) is 4.98 Å². The Kier molecular flexibility index (Phi) is 5.24. The van der Waals surface area contributed by atoms with Crippen LogP contribution in [0.4, 0.5) is 13.9 Å². The van der Waals surface area contributed by atoms with Gasteiger partial charge in [-0.05, 0) is 40.6 Å². The van der Waals surface area contributed by atoms with Crippen LogP contribution in [0.5, 0.6) is 5.75 Å². The van der Waals surface area contributed by atoms with Gasteiger partial charge in [0.2, 0.25) is 0 Å². The van der Waals surface area contributed by atoms with E-state index in [0.717, 1.165) is 33.1 Å². The fourth-order valence-corrected chi connectivity index (χ4v) is 5.57. The highest BCUT2D eigenvalue weighted by molar-refractivity contribution is 7.22. The molecule has 2 N–H and O–H groups in total. The van der Waals surface area contributed by atoms with Crippen molar-refractivity contribution in [3.8, 4) is 5.75 Å². The second-order valence-electron chi connectivity index (χ2n) is 8.55. The number of amides is 1. The van der Waals surface area contributed by atoms with Crippen molar-refractivity contribution < 1.29 is 28.6 Å². The molecule has 6 nitrogen and oxygen atoms in total. The monoisotopic (exact) mass is 514 g/mol. The zero-order valence-electron chi connectivity index (χ0n) is 18.9. The van der Waals surface area contributed by atoms with Gasteiger partial charge in [0.25, 0.3) is 5.78 Å². The Balaban J connectivity index is 1.57. The van der Waals surface area contributed by atoms with E-state index in [-0.39, 0.29) is 32.4 Å². The van der Waals surface area contributed by atoms with Gasteiger partial charge in [0.05, 0.1) is 16.3 Å². The lowest BCUT2D eigenvalue weighted by molar-refractivity contribution is -0.132. The summed E-state index contributed by atoms with van der Waals surface area (Å²) in [6, 6.07) is 19.1. The molecule has 4 aromatic carbocycles. The molecular weight excluding hydrogens is 498 g/mol. The van der Waals surface area contributed by atoms with E-state index in [9.17, 15) is 28.6 Å². The molecular formula is C28H16F2N2O4S. The van der Waals surface area contributed by atoms with Crippen molar-refractivity contribution >= 4 is 54.9 Å². The topological polar surface area (TPSA) is 90.7 Å². The molecule has 0 spiro atoms. The average Bonchev–Trinajstić information content (AvgIpc) is 3.42. The summed E-state index contributed by atoms with van der Waals surface area (Å²) in [5, 5.41) is 22.9. The number of aromatic hydroxyl groups is 1. The van der Waals surface area contributed by atoms with Crippen LogP contribution in [-0.4, -0.2) is 26.9 Å². The second-order valence-corrected chi connectivity index (χ2v) is 9.56. The highest BCUT2D eigenvalue weighted by Gasteiger charge is 2.48. The molecule has 182 valence electrons. The smallest absolute Gasteiger partial charge is 0.301 e. The maximum Gasteiger partial charge on any atom is 0.301 e. The number of thiazole rings is 1. The molecule has 1 aliphatic heterocycles. The van der Waals surface area contributed by atoms with Gasteiger partial charge in [-0.2, -0.15) is 0 Å². The number of aromatic nitrogens is 1. The standard InChI is InChI=1S/C28H16F2N2O4S/c29-18-12-20(30)23-21(13-18)37-28(31-23)32-24(15-7-9-19(33)10-8-15)22(26(35)27(32)36)25(34)17-6-5-14-3-1-2-4-16(14)11-17/h1-13,24,33-34H/b25-22+. The van der Waals surface area contributed by atoms with Crippen LogP contribution in [0.15, 0.2) is 84.4 Å². The minimum atomic E-state index is -1.12. The Morgan fingerprint density at radius 3 is 2.41 bits per heavy atom. The zero-order chi connectivity index (χ0) is 25.8. The molecule has 2 heterocycles. The average molecular weight is 515 g/mol. The van der Waals surface area contributed by atoms with Crippen LogP contribution in [-0.2, 0) is 9.59 Å². The van der Waals surface area contributed by atoms with Gasteiger partial charge >= 0.3 is 5.91 Å². The number of aliphatic hydroxyl groups is 1. The lowest BCUT2D eigenvalue weighted by atomic mass is 9.94. The summed E-state index contributed by atoms with van der Waals surface area (Å²) in [7, 11) is 0. The summed E-state index contributed by atoms with van der Waals surface area (Å²) in [4.78, 5) is 31.9. The minimum absolute atomic E-state index is 0.0303. The Labute approximate surface area is 212 Å². The lowest BCUT2D eigenvalue weighted by Gasteiger charge is -2.23. The van der Waals surface area contributed by atoms with Crippen molar-refractivity contribution in [1.29, 1.82) is 0 Å². The summed E-state index contributed by atoms with van der Waals surface area (Å²) < 4.78 is 28.4. The van der Waals surface area contributed by atoms with Gasteiger partial charge in [-0.15, -0.1) is 0 Å². The van der Waals surface area contributed by atoms with Crippen molar-refractivity contribution in [1.82, 2.24) is 4.98 Å². The van der Waals surface area contributed by atoms with E-state index in [4.69, 9.17) is 0 Å². The van der Waals surface area contributed by atoms with E-state index < -0.39 is 29.4 Å². The third-order valence-electron chi connectivity index (χ3n) is 6.28. The van der Waals surface area contributed by atoms with Gasteiger partial charge in [-0.3, -0.25) is 14.5 Å². The molecule has 1 fully saturated rings. The molecule has 1 unspecified atom stereocenters. The predicted octanol–water partition coefficient (Wildman–Crippen LogP) is 6.06. The van der Waals surface area contributed by atoms with Crippen LogP contribution in [0.25, 0.3) is 26.7 Å². The molecule has 0 bridgehead atoms. The Bertz CT molecular complexity index is 1780. The third kappa shape index (κ3) is 3.71. The number of phenols is 1. The Morgan fingerprint density at radius 2 is 1.65 bits per heavy atom. The number of hydrogen-bond donors (Lipinski definition) is 2. The molecule has 9 heteroatoms. The Morgan fingerprint density at radius 1 is 0.919 bits per heavy atom. The van der Waals surface area contributed by atoms with E-state index in [1.165, 1.54) is 24.3 Å². The molecule has 1 aromatic heterocycles. The number of anilines is 1. The maximum atomic E-state index is 14.4. The Hall–Kier alpha value is -4.63. The van der Waals surface area contributed by atoms with Crippen molar-refractivity contribution in [3.05, 3.63) is 107 Å². The summed E-state index contributed by atoms with van der Waals surface area (Å²) in [5.41, 5.74) is 0.419. The summed E-state index contributed by atoms with van der Waals surface area (Å²) >= 11 is 0.850. The number of carbonyl (C=O) groups is 2. The van der Waals surface area contributed by atoms with Crippen LogP contribution in [0.1, 0.15) is 17.2 Å². The van der Waals surface area contributed by atoms with E-state index >= 15 is 0 Å². The van der Waals surface area contributed by atoms with Crippen molar-refractivity contribution in [2.45, 2.75) is 6.04 Å². The van der Waals surface area contributed by atoms with Crippen LogP contribution in [0, 0.1) is 11.6 Å². The molecule has 5 aromatic rings. The van der Waals surface area contributed by atoms with E-state index in [1.54, 1.807) is 18.2 Å². The SMILES string of the molecule is O=C1C(=O)N(c2nc3c(F)cc(F)cc3s2)C(c2ccc(O)cc2)/C1=C(\O)c1ccc2ccccc2c1. The first-order valence-electron chi connectivity index (χ1n) is 11.2. The summed E-state index contributed by atoms with van der Waals surface area (Å²) in [5.74, 6) is -4.04. The molecule has 37 heavy (non-hydrogen) atoms. The summed E-state index contributed by atoms with van der Waals surface area (Å²) in [6.07, 6.45) is 0. The van der Waals surface area contributed by atoms with Crippen LogP contribution in [0.3, 0.4) is 0 Å². The number of Topliss-reactive ketones (excluding diaryl/α,β-unsaturated/α-hetero) is 1. The van der Waals surface area contributed by atoms with Crippen LogP contribution in [0.2, 0.25) is 0 Å². The first-order chi connectivity index (χ1) is 17.8. The zero-order valence-corrected chi connectivity index (χ0v) is 19.7. The molecule has 1 aliphatic rings. The molecule has 0 radical (unpaired) electrons. The third-order valence-corrected chi connectivity index (χ3v) is 7.29. The maximum absolute atomic E-state index is 14.4. The van der Waals surface area contributed by atoms with E-state index in [1.807, 2.05) is 24.3 Å². The number of ketones is 1. The van der Waals surface area contributed by atoms with Crippen molar-refractivity contribution in [2.24, 2.45) is 0 Å². The van der Waals surface area contributed by atoms with Crippen LogP contribution < -0.4 is 4.90 Å². The number of nitrogens with zero attached hydrogens (tertiary/aromatic N) is 2. The fourth-order valence-electron chi connectivity index (χ4n) is 4.54. The first-order valence-corrected chi connectivity index (χ1v) is 12.0. The van der Waals surface area contributed by atoms with Gasteiger partial charge in [0.1, 0.15) is 22.8 Å². The number of carbonyl (C=O) groups excluding carboxylic acids is 2. The minimum Gasteiger partial charge on any atom is -0.508 e. The molecule has 0 aliphatic carbocycles. The second kappa shape index (κ2) is 8.49. The van der Waals surface area contributed by atoms with Gasteiger partial charge < -0.3 is 10.2 Å². The molecule has 1 saturated heterocycles. The lowest BCUT2D eigenvalue weighted by Crippen LogP contribution is -2.29. The highest BCUT2D eigenvalue weighted by Crippen LogP contribution is 2.45. The molecule has 1 amide bonds. The van der Waals surface area contributed by atoms with Gasteiger partial charge in [0.15, 0.2) is 10.9 Å². The van der Waals surface area contributed by atoms with Crippen LogP contribution >= 0.6 is 11.3 Å². The normalized spacial score (nSPS) is 17.2. The van der Waals surface area contributed by atoms with Gasteiger partial charge in [-0.25, -0.2) is 13.8 Å². The summed E-state index contributed by atoms with van der Waals surface area (Å²) in [6.45, 7) is 0. The fraction of sp³-hybridized carbons (Fsp3) is 0.0357. The van der Waals surface area contributed by atoms with Gasteiger partial charge in [0, 0.05) is 11.6 Å². The number of phenolic OH excluding ortho intramolecular Hbond substituents is 1. The quantitative estimate of drug-likeness (QED) is 0.174. The number of aliphatic hydroxyl groups excluding tert-OH is 1. The van der Waals surface area contributed by atoms with Gasteiger partial charge in [-0.1, -0.05) is 59.9 Å². The highest BCUT2D eigenvalue weighted by atomic mass is 32.1. The number of hydrogen-bond acceptors (Lipinski definition) is 6. The number of benzene rings is 4. The van der Waals surface area contributed by atoms with E-state index in [0.29, 0.717) is 17.2 Å². The molecule has 6 rings (SSSR count). The largest absolute Gasteiger partial charge is 0.508 e. The van der Waals surface area contributed by atoms with Crippen molar-refractivity contribution in [2.75, 3.05) is 4.90 Å². The predicted molar refractivity (Wildman–Crippen MR) is 136 cm³/mol. The number of rotatable bonds is 3.